The Morgan fingerprint density at radius 3 is 2.66 bits per heavy atom. The molecule has 0 spiro atoms. The Morgan fingerprint density at radius 2 is 1.86 bits per heavy atom. The third-order valence-corrected chi connectivity index (χ3v) is 5.26. The number of nitrogens with one attached hydrogen (secondary N) is 1. The molecule has 6 heteroatoms. The third kappa shape index (κ3) is 4.87. The average Bonchev–Trinajstić information content (AvgIpc) is 2.77. The minimum Gasteiger partial charge on any atom is -0.482 e. The molecule has 0 atom stereocenters. The van der Waals surface area contributed by atoms with Crippen molar-refractivity contribution in [2.45, 2.75) is 19.5 Å². The summed E-state index contributed by atoms with van der Waals surface area (Å²) in [5, 5.41) is 3.33. The van der Waals surface area contributed by atoms with E-state index in [2.05, 4.69) is 39.5 Å². The van der Waals surface area contributed by atoms with E-state index in [1.807, 2.05) is 30.5 Å². The molecule has 2 aromatic carbocycles. The number of para-hydroxylation sites is 1. The highest BCUT2D eigenvalue weighted by atomic mass is 35.5. The molecule has 0 saturated carbocycles. The van der Waals surface area contributed by atoms with E-state index in [4.69, 9.17) is 16.3 Å². The summed E-state index contributed by atoms with van der Waals surface area (Å²) in [4.78, 5) is 18.9. The second-order valence-electron chi connectivity index (χ2n) is 6.96. The Balaban J connectivity index is 1.27. The van der Waals surface area contributed by atoms with Crippen LogP contribution < -0.4 is 15.0 Å². The first-order valence-corrected chi connectivity index (χ1v) is 9.97. The van der Waals surface area contributed by atoms with Crippen molar-refractivity contribution < 1.29 is 9.53 Å². The lowest BCUT2D eigenvalue weighted by Crippen LogP contribution is -2.31. The Morgan fingerprint density at radius 1 is 1.07 bits per heavy atom. The van der Waals surface area contributed by atoms with Crippen molar-refractivity contribution >= 4 is 23.3 Å². The first-order valence-electron chi connectivity index (χ1n) is 9.60. The molecule has 0 saturated heterocycles. The van der Waals surface area contributed by atoms with Gasteiger partial charge in [-0.25, -0.2) is 4.98 Å². The van der Waals surface area contributed by atoms with Crippen LogP contribution in [0.3, 0.4) is 0 Å². The maximum atomic E-state index is 12.0. The van der Waals surface area contributed by atoms with E-state index in [-0.39, 0.29) is 12.5 Å². The number of carbonyl (C=O) groups excluding carboxylic acids is 1. The van der Waals surface area contributed by atoms with Crippen LogP contribution >= 0.6 is 11.6 Å². The van der Waals surface area contributed by atoms with Gasteiger partial charge in [0.05, 0.1) is 5.02 Å². The van der Waals surface area contributed by atoms with E-state index in [0.717, 1.165) is 30.9 Å². The van der Waals surface area contributed by atoms with Crippen molar-refractivity contribution in [2.24, 2.45) is 0 Å². The van der Waals surface area contributed by atoms with E-state index in [1.165, 1.54) is 11.1 Å². The monoisotopic (exact) mass is 407 g/mol. The number of rotatable bonds is 6. The second kappa shape index (κ2) is 8.97. The van der Waals surface area contributed by atoms with Crippen LogP contribution in [-0.4, -0.2) is 24.0 Å². The van der Waals surface area contributed by atoms with E-state index < -0.39 is 0 Å². The van der Waals surface area contributed by atoms with Gasteiger partial charge in [-0.15, -0.1) is 0 Å². The van der Waals surface area contributed by atoms with Gasteiger partial charge in [0.2, 0.25) is 0 Å². The van der Waals surface area contributed by atoms with E-state index in [0.29, 0.717) is 17.3 Å². The van der Waals surface area contributed by atoms with Crippen molar-refractivity contribution in [3.63, 3.8) is 0 Å². The first-order chi connectivity index (χ1) is 14.2. The van der Waals surface area contributed by atoms with Gasteiger partial charge in [0.15, 0.2) is 6.61 Å². The van der Waals surface area contributed by atoms with Crippen molar-refractivity contribution in [1.29, 1.82) is 0 Å². The summed E-state index contributed by atoms with van der Waals surface area (Å²) < 4.78 is 5.45. The molecule has 29 heavy (non-hydrogen) atoms. The van der Waals surface area contributed by atoms with Crippen LogP contribution in [-0.2, 0) is 24.3 Å². The maximum Gasteiger partial charge on any atom is 0.258 e. The van der Waals surface area contributed by atoms with Crippen LogP contribution in [0.2, 0.25) is 5.02 Å². The second-order valence-corrected chi connectivity index (χ2v) is 7.37. The summed E-state index contributed by atoms with van der Waals surface area (Å²) in [5.41, 5.74) is 3.72. The fourth-order valence-electron chi connectivity index (χ4n) is 3.36. The summed E-state index contributed by atoms with van der Waals surface area (Å²) in [6.45, 7) is 2.15. The molecular weight excluding hydrogens is 386 g/mol. The van der Waals surface area contributed by atoms with Gasteiger partial charge >= 0.3 is 0 Å². The van der Waals surface area contributed by atoms with Crippen LogP contribution in [0.15, 0.2) is 66.9 Å². The zero-order valence-corrected chi connectivity index (χ0v) is 16.7. The van der Waals surface area contributed by atoms with Crippen molar-refractivity contribution in [3.05, 3.63) is 88.6 Å². The number of aromatic nitrogens is 1. The van der Waals surface area contributed by atoms with Gasteiger partial charge < -0.3 is 15.0 Å². The minimum atomic E-state index is -0.207. The predicted octanol–water partition coefficient (Wildman–Crippen LogP) is 3.99. The van der Waals surface area contributed by atoms with Gasteiger partial charge in [0.1, 0.15) is 11.6 Å². The molecule has 1 N–H and O–H groups in total. The number of amides is 1. The summed E-state index contributed by atoms with van der Waals surface area (Å²) in [5.74, 6) is 1.25. The predicted molar refractivity (Wildman–Crippen MR) is 114 cm³/mol. The van der Waals surface area contributed by atoms with Crippen LogP contribution in [0.25, 0.3) is 0 Å². The fourth-order valence-corrected chi connectivity index (χ4v) is 3.55. The molecule has 1 amide bonds. The van der Waals surface area contributed by atoms with E-state index in [9.17, 15) is 4.79 Å². The van der Waals surface area contributed by atoms with Crippen LogP contribution in [0.1, 0.15) is 16.7 Å². The van der Waals surface area contributed by atoms with Gasteiger partial charge in [0.25, 0.3) is 5.91 Å². The number of benzene rings is 2. The zero-order chi connectivity index (χ0) is 20.1. The Bertz CT molecular complexity index is 991. The number of hydrogen-bond acceptors (Lipinski definition) is 4. The normalized spacial score (nSPS) is 12.9. The average molecular weight is 408 g/mol. The summed E-state index contributed by atoms with van der Waals surface area (Å²) in [7, 11) is 0. The number of pyridine rings is 1. The molecule has 1 aromatic heterocycles. The molecule has 0 fully saturated rings. The molecule has 3 aromatic rings. The van der Waals surface area contributed by atoms with Crippen molar-refractivity contribution in [2.75, 3.05) is 18.1 Å². The molecular formula is C23H22ClN3O2. The molecule has 0 radical (unpaired) electrons. The molecule has 4 rings (SSSR count). The molecule has 0 unspecified atom stereocenters. The third-order valence-electron chi connectivity index (χ3n) is 4.95. The highest BCUT2D eigenvalue weighted by Gasteiger charge is 2.16. The number of nitrogens with zero attached hydrogens (tertiary/aromatic N) is 2. The number of anilines is 1. The lowest BCUT2D eigenvalue weighted by molar-refractivity contribution is -0.123. The van der Waals surface area contributed by atoms with Crippen LogP contribution in [0, 0.1) is 0 Å². The quantitative estimate of drug-likeness (QED) is 0.671. The molecule has 5 nitrogen and oxygen atoms in total. The molecule has 1 aliphatic heterocycles. The van der Waals surface area contributed by atoms with Gasteiger partial charge in [-0.05, 0) is 41.3 Å². The van der Waals surface area contributed by atoms with Gasteiger partial charge in [-0.3, -0.25) is 4.79 Å². The van der Waals surface area contributed by atoms with Gasteiger partial charge in [-0.2, -0.15) is 0 Å². The topological polar surface area (TPSA) is 54.5 Å². The molecule has 1 aliphatic rings. The smallest absolute Gasteiger partial charge is 0.258 e. The number of hydrogen-bond donors (Lipinski definition) is 1. The van der Waals surface area contributed by atoms with Crippen molar-refractivity contribution in [3.8, 4) is 5.75 Å². The fraction of sp³-hybridized carbons (Fsp3) is 0.217. The highest BCUT2D eigenvalue weighted by Crippen LogP contribution is 2.24. The van der Waals surface area contributed by atoms with E-state index in [1.54, 1.807) is 12.1 Å². The maximum absolute atomic E-state index is 12.0. The SMILES string of the molecule is O=C(COc1ccccc1Cl)NCc1ccc(N2CCc3ccccc3C2)nc1. The van der Waals surface area contributed by atoms with E-state index >= 15 is 0 Å². The number of ether oxygens (including phenoxy) is 1. The molecule has 2 heterocycles. The summed E-state index contributed by atoms with van der Waals surface area (Å²) in [6.07, 6.45) is 2.84. The summed E-state index contributed by atoms with van der Waals surface area (Å²) in [6, 6.07) is 19.6. The standard InChI is InChI=1S/C23H22ClN3O2/c24-20-7-3-4-8-21(20)29-16-23(28)26-14-17-9-10-22(25-13-17)27-12-11-18-5-1-2-6-19(18)15-27/h1-10,13H,11-12,14-16H2,(H,26,28). The van der Waals surface area contributed by atoms with Crippen LogP contribution in [0.4, 0.5) is 5.82 Å². The lowest BCUT2D eigenvalue weighted by atomic mass is 10.00. The zero-order valence-electron chi connectivity index (χ0n) is 16.0. The number of fused-ring (bicyclic) bond motifs is 1. The largest absolute Gasteiger partial charge is 0.482 e. The number of halogens is 1. The van der Waals surface area contributed by atoms with Gasteiger partial charge in [0, 0.05) is 25.8 Å². The minimum absolute atomic E-state index is 0.0809. The Labute approximate surface area is 175 Å². The molecule has 0 aliphatic carbocycles. The summed E-state index contributed by atoms with van der Waals surface area (Å²) >= 11 is 6.02. The molecule has 0 bridgehead atoms. The lowest BCUT2D eigenvalue weighted by Gasteiger charge is -2.29. The number of carbonyl (C=O) groups is 1. The highest BCUT2D eigenvalue weighted by molar-refractivity contribution is 6.32. The Hall–Kier alpha value is -3.05. The molecule has 148 valence electrons. The first kappa shape index (κ1) is 19.3. The van der Waals surface area contributed by atoms with Crippen LogP contribution in [0.5, 0.6) is 5.75 Å². The van der Waals surface area contributed by atoms with Crippen molar-refractivity contribution in [1.82, 2.24) is 10.3 Å². The Kier molecular flexibility index (Phi) is 5.96. The van der Waals surface area contributed by atoms with Gasteiger partial charge in [-0.1, -0.05) is 54.1 Å².